The molecule has 0 spiro atoms. The summed E-state index contributed by atoms with van der Waals surface area (Å²) in [6.07, 6.45) is 2.93. The monoisotopic (exact) mass is 324 g/mol. The molecule has 1 saturated heterocycles. The minimum atomic E-state index is -0.881. The van der Waals surface area contributed by atoms with Gasteiger partial charge in [-0.1, -0.05) is 18.2 Å². The number of pyridine rings is 1. The summed E-state index contributed by atoms with van der Waals surface area (Å²) in [5, 5.41) is 2.84. The maximum Gasteiger partial charge on any atom is 0.254 e. The number of hydrogen-bond acceptors (Lipinski definition) is 4. The largest absolute Gasteiger partial charge is 0.384 e. The molecule has 1 aliphatic rings. The molecule has 0 aliphatic carbocycles. The van der Waals surface area contributed by atoms with Crippen LogP contribution < -0.4 is 11.1 Å². The number of amides is 2. The van der Waals surface area contributed by atoms with Crippen LogP contribution in [-0.2, 0) is 4.79 Å². The second-order valence-electron chi connectivity index (χ2n) is 6.13. The Hall–Kier alpha value is -2.89. The van der Waals surface area contributed by atoms with Gasteiger partial charge in [-0.3, -0.25) is 9.59 Å². The van der Waals surface area contributed by atoms with E-state index in [-0.39, 0.29) is 11.8 Å². The molecule has 1 aliphatic heterocycles. The fourth-order valence-electron chi connectivity index (χ4n) is 3.01. The number of anilines is 2. The van der Waals surface area contributed by atoms with E-state index < -0.39 is 5.54 Å². The summed E-state index contributed by atoms with van der Waals surface area (Å²) < 4.78 is 0. The first-order chi connectivity index (χ1) is 11.5. The number of benzene rings is 1. The van der Waals surface area contributed by atoms with E-state index >= 15 is 0 Å². The highest BCUT2D eigenvalue weighted by Gasteiger charge is 2.45. The Kier molecular flexibility index (Phi) is 4.20. The Morgan fingerprint density at radius 3 is 2.62 bits per heavy atom. The second kappa shape index (κ2) is 6.31. The molecule has 124 valence electrons. The number of hydrogen-bond donors (Lipinski definition) is 2. The number of rotatable bonds is 3. The van der Waals surface area contributed by atoms with Crippen LogP contribution in [0.25, 0.3) is 0 Å². The molecule has 2 heterocycles. The average Bonchev–Trinajstić information content (AvgIpc) is 3.00. The molecular weight excluding hydrogens is 304 g/mol. The van der Waals surface area contributed by atoms with Crippen molar-refractivity contribution < 1.29 is 9.59 Å². The number of carbonyl (C=O) groups is 2. The van der Waals surface area contributed by atoms with Crippen molar-refractivity contribution in [1.82, 2.24) is 9.88 Å². The first-order valence-corrected chi connectivity index (χ1v) is 7.91. The molecule has 6 nitrogen and oxygen atoms in total. The molecule has 0 radical (unpaired) electrons. The highest BCUT2D eigenvalue weighted by Crippen LogP contribution is 2.31. The van der Waals surface area contributed by atoms with Crippen LogP contribution in [0.3, 0.4) is 0 Å². The van der Waals surface area contributed by atoms with Gasteiger partial charge in [0, 0.05) is 12.1 Å². The lowest BCUT2D eigenvalue weighted by Gasteiger charge is -2.34. The van der Waals surface area contributed by atoms with Gasteiger partial charge in [-0.05, 0) is 44.0 Å². The highest BCUT2D eigenvalue weighted by molar-refractivity contribution is 6.03. The molecule has 0 bridgehead atoms. The maximum atomic E-state index is 12.8. The van der Waals surface area contributed by atoms with Crippen molar-refractivity contribution in [2.24, 2.45) is 0 Å². The summed E-state index contributed by atoms with van der Waals surface area (Å²) in [4.78, 5) is 31.2. The first kappa shape index (κ1) is 16.0. The first-order valence-electron chi connectivity index (χ1n) is 7.91. The fourth-order valence-corrected chi connectivity index (χ4v) is 3.01. The van der Waals surface area contributed by atoms with Gasteiger partial charge >= 0.3 is 0 Å². The van der Waals surface area contributed by atoms with Crippen LogP contribution in [0.1, 0.15) is 30.1 Å². The molecule has 6 heteroatoms. The smallest absolute Gasteiger partial charge is 0.254 e. The quantitative estimate of drug-likeness (QED) is 0.906. The third-order valence-electron chi connectivity index (χ3n) is 4.44. The summed E-state index contributed by atoms with van der Waals surface area (Å²) in [5.74, 6) is 0.0537. The van der Waals surface area contributed by atoms with Crippen LogP contribution in [0.4, 0.5) is 11.5 Å². The number of nitrogens with one attached hydrogen (secondary N) is 1. The van der Waals surface area contributed by atoms with Gasteiger partial charge < -0.3 is 16.0 Å². The molecule has 1 atom stereocenters. The highest BCUT2D eigenvalue weighted by atomic mass is 16.2. The molecule has 1 fully saturated rings. The zero-order valence-corrected chi connectivity index (χ0v) is 13.5. The van der Waals surface area contributed by atoms with Crippen LogP contribution in [0.5, 0.6) is 0 Å². The molecule has 0 saturated carbocycles. The molecule has 1 aromatic carbocycles. The van der Waals surface area contributed by atoms with Crippen molar-refractivity contribution in [3.05, 3.63) is 54.2 Å². The summed E-state index contributed by atoms with van der Waals surface area (Å²) in [7, 11) is 0. The van der Waals surface area contributed by atoms with E-state index in [0.29, 0.717) is 30.0 Å². The zero-order chi connectivity index (χ0) is 17.2. The van der Waals surface area contributed by atoms with E-state index in [0.717, 1.165) is 6.42 Å². The van der Waals surface area contributed by atoms with Crippen molar-refractivity contribution in [3.8, 4) is 0 Å². The summed E-state index contributed by atoms with van der Waals surface area (Å²) in [6, 6.07) is 12.4. The van der Waals surface area contributed by atoms with Gasteiger partial charge in [0.15, 0.2) is 0 Å². The summed E-state index contributed by atoms with van der Waals surface area (Å²) in [6.45, 7) is 2.37. The van der Waals surface area contributed by atoms with Crippen LogP contribution >= 0.6 is 0 Å². The number of nitrogens with two attached hydrogens (primary N) is 1. The van der Waals surface area contributed by atoms with Crippen molar-refractivity contribution in [2.75, 3.05) is 17.6 Å². The van der Waals surface area contributed by atoms with E-state index in [4.69, 9.17) is 5.73 Å². The van der Waals surface area contributed by atoms with Gasteiger partial charge in [-0.2, -0.15) is 0 Å². The lowest BCUT2D eigenvalue weighted by molar-refractivity contribution is -0.124. The minimum absolute atomic E-state index is 0.124. The Labute approximate surface area is 140 Å². The molecule has 1 aromatic heterocycles. The standard InChI is InChI=1S/C18H20N4O2/c1-18(17(24)21-14-8-9-15(19)20-12-14)10-5-11-22(18)16(23)13-6-3-2-4-7-13/h2-4,6-9,12H,5,10-11H2,1H3,(H2,19,20)(H,21,24). The zero-order valence-electron chi connectivity index (χ0n) is 13.5. The van der Waals surface area contributed by atoms with E-state index in [1.807, 2.05) is 18.2 Å². The van der Waals surface area contributed by atoms with E-state index in [9.17, 15) is 9.59 Å². The Bertz CT molecular complexity index is 745. The minimum Gasteiger partial charge on any atom is -0.384 e. The Balaban J connectivity index is 1.80. The van der Waals surface area contributed by atoms with Crippen LogP contribution in [0.15, 0.2) is 48.7 Å². The van der Waals surface area contributed by atoms with Crippen LogP contribution in [0, 0.1) is 0 Å². The number of aromatic nitrogens is 1. The van der Waals surface area contributed by atoms with Crippen molar-refractivity contribution >= 4 is 23.3 Å². The van der Waals surface area contributed by atoms with Gasteiger partial charge in [0.1, 0.15) is 11.4 Å². The number of nitrogen functional groups attached to an aromatic ring is 1. The van der Waals surface area contributed by atoms with Crippen molar-refractivity contribution in [2.45, 2.75) is 25.3 Å². The second-order valence-corrected chi connectivity index (χ2v) is 6.13. The van der Waals surface area contributed by atoms with Gasteiger partial charge in [0.25, 0.3) is 5.91 Å². The van der Waals surface area contributed by atoms with E-state index in [1.165, 1.54) is 6.20 Å². The third kappa shape index (κ3) is 2.95. The van der Waals surface area contributed by atoms with Gasteiger partial charge in [0.05, 0.1) is 11.9 Å². The lowest BCUT2D eigenvalue weighted by Crippen LogP contribution is -2.53. The molecule has 3 rings (SSSR count). The predicted octanol–water partition coefficient (Wildman–Crippen LogP) is 2.30. The van der Waals surface area contributed by atoms with E-state index in [1.54, 1.807) is 36.1 Å². The topological polar surface area (TPSA) is 88.3 Å². The van der Waals surface area contributed by atoms with Crippen LogP contribution in [-0.4, -0.2) is 33.8 Å². The Morgan fingerprint density at radius 1 is 1.21 bits per heavy atom. The SMILES string of the molecule is CC1(C(=O)Nc2ccc(N)nc2)CCCN1C(=O)c1ccccc1. The number of nitrogens with zero attached hydrogens (tertiary/aromatic N) is 2. The average molecular weight is 324 g/mol. The molecular formula is C18H20N4O2. The van der Waals surface area contributed by atoms with Crippen molar-refractivity contribution in [1.29, 1.82) is 0 Å². The maximum absolute atomic E-state index is 12.8. The third-order valence-corrected chi connectivity index (χ3v) is 4.44. The van der Waals surface area contributed by atoms with Gasteiger partial charge in [-0.15, -0.1) is 0 Å². The van der Waals surface area contributed by atoms with Crippen LogP contribution in [0.2, 0.25) is 0 Å². The lowest BCUT2D eigenvalue weighted by atomic mass is 9.96. The summed E-state index contributed by atoms with van der Waals surface area (Å²) >= 11 is 0. The van der Waals surface area contributed by atoms with Gasteiger partial charge in [0.2, 0.25) is 5.91 Å². The molecule has 2 aromatic rings. The Morgan fingerprint density at radius 2 is 1.96 bits per heavy atom. The molecule has 1 unspecified atom stereocenters. The number of likely N-dealkylation sites (tertiary alicyclic amines) is 1. The van der Waals surface area contributed by atoms with E-state index in [2.05, 4.69) is 10.3 Å². The molecule has 24 heavy (non-hydrogen) atoms. The van der Waals surface area contributed by atoms with Crippen molar-refractivity contribution in [3.63, 3.8) is 0 Å². The fraction of sp³-hybridized carbons (Fsp3) is 0.278. The normalized spacial score (nSPS) is 20.0. The molecule has 3 N–H and O–H groups in total. The number of carbonyl (C=O) groups excluding carboxylic acids is 2. The predicted molar refractivity (Wildman–Crippen MR) is 92.4 cm³/mol. The summed E-state index contributed by atoms with van der Waals surface area (Å²) in [5.41, 5.74) is 5.83. The van der Waals surface area contributed by atoms with Gasteiger partial charge in [-0.25, -0.2) is 4.98 Å². The molecule has 2 amide bonds.